The standard InChI is InChI=1S/C12H21NO3/c1-3-10(12(15)16)4-5-13-7-9(2)6-11(14)8-13/h4,9,11,14H,3,5-8H2,1-2H3,(H,15,16). The van der Waals surface area contributed by atoms with Crippen LogP contribution in [-0.2, 0) is 4.79 Å². The molecule has 1 fully saturated rings. The number of aliphatic hydroxyl groups excluding tert-OH is 1. The summed E-state index contributed by atoms with van der Waals surface area (Å²) in [7, 11) is 0. The van der Waals surface area contributed by atoms with Crippen LogP contribution in [0.3, 0.4) is 0 Å². The molecule has 1 rings (SSSR count). The van der Waals surface area contributed by atoms with Crippen molar-refractivity contribution in [1.82, 2.24) is 4.90 Å². The van der Waals surface area contributed by atoms with Crippen molar-refractivity contribution in [1.29, 1.82) is 0 Å². The fourth-order valence-corrected chi connectivity index (χ4v) is 2.20. The van der Waals surface area contributed by atoms with Crippen molar-refractivity contribution in [3.8, 4) is 0 Å². The maximum Gasteiger partial charge on any atom is 0.331 e. The van der Waals surface area contributed by atoms with E-state index in [0.717, 1.165) is 13.0 Å². The molecule has 0 amide bonds. The first-order valence-electron chi connectivity index (χ1n) is 5.85. The van der Waals surface area contributed by atoms with E-state index in [2.05, 4.69) is 11.8 Å². The van der Waals surface area contributed by atoms with E-state index >= 15 is 0 Å². The van der Waals surface area contributed by atoms with Gasteiger partial charge in [-0.25, -0.2) is 4.79 Å². The number of carboxylic acids is 1. The molecule has 2 N–H and O–H groups in total. The number of carboxylic acid groups (broad SMARTS) is 1. The van der Waals surface area contributed by atoms with Crippen LogP contribution >= 0.6 is 0 Å². The lowest BCUT2D eigenvalue weighted by molar-refractivity contribution is -0.132. The number of hydrogen-bond donors (Lipinski definition) is 2. The Kier molecular flexibility index (Phi) is 4.96. The van der Waals surface area contributed by atoms with Crippen molar-refractivity contribution in [3.05, 3.63) is 11.6 Å². The molecule has 1 aliphatic rings. The summed E-state index contributed by atoms with van der Waals surface area (Å²) in [6, 6.07) is 0. The third kappa shape index (κ3) is 3.94. The van der Waals surface area contributed by atoms with Gasteiger partial charge in [0.2, 0.25) is 0 Å². The maximum atomic E-state index is 10.8. The van der Waals surface area contributed by atoms with E-state index in [1.165, 1.54) is 0 Å². The smallest absolute Gasteiger partial charge is 0.331 e. The Morgan fingerprint density at radius 3 is 2.69 bits per heavy atom. The number of carbonyl (C=O) groups is 1. The largest absolute Gasteiger partial charge is 0.478 e. The van der Waals surface area contributed by atoms with Gasteiger partial charge in [0.25, 0.3) is 0 Å². The highest BCUT2D eigenvalue weighted by atomic mass is 16.4. The molecule has 0 radical (unpaired) electrons. The van der Waals surface area contributed by atoms with Crippen LogP contribution in [0.15, 0.2) is 11.6 Å². The van der Waals surface area contributed by atoms with Crippen LogP contribution in [0, 0.1) is 5.92 Å². The molecule has 0 aromatic carbocycles. The summed E-state index contributed by atoms with van der Waals surface area (Å²) in [6.07, 6.45) is 2.88. The number of nitrogens with zero attached hydrogens (tertiary/aromatic N) is 1. The molecular weight excluding hydrogens is 206 g/mol. The van der Waals surface area contributed by atoms with Crippen molar-refractivity contribution in [3.63, 3.8) is 0 Å². The van der Waals surface area contributed by atoms with Gasteiger partial charge in [0.1, 0.15) is 0 Å². The van der Waals surface area contributed by atoms with Gasteiger partial charge in [0, 0.05) is 25.2 Å². The molecule has 2 atom stereocenters. The topological polar surface area (TPSA) is 60.8 Å². The summed E-state index contributed by atoms with van der Waals surface area (Å²) >= 11 is 0. The van der Waals surface area contributed by atoms with Crippen LogP contribution in [-0.4, -0.2) is 46.8 Å². The number of aliphatic hydroxyl groups is 1. The second-order valence-corrected chi connectivity index (χ2v) is 4.60. The third-order valence-corrected chi connectivity index (χ3v) is 2.96. The fourth-order valence-electron chi connectivity index (χ4n) is 2.20. The van der Waals surface area contributed by atoms with Crippen LogP contribution in [0.2, 0.25) is 0 Å². The lowest BCUT2D eigenvalue weighted by atomic mass is 9.98. The Morgan fingerprint density at radius 1 is 1.50 bits per heavy atom. The Labute approximate surface area is 96.6 Å². The summed E-state index contributed by atoms with van der Waals surface area (Å²) in [6.45, 7) is 6.16. The molecule has 1 heterocycles. The second-order valence-electron chi connectivity index (χ2n) is 4.60. The molecule has 4 heteroatoms. The lowest BCUT2D eigenvalue weighted by Gasteiger charge is -2.33. The summed E-state index contributed by atoms with van der Waals surface area (Å²) in [5, 5.41) is 18.5. The number of piperidine rings is 1. The van der Waals surface area contributed by atoms with Gasteiger partial charge in [-0.15, -0.1) is 0 Å². The Balaban J connectivity index is 2.50. The molecule has 0 spiro atoms. The van der Waals surface area contributed by atoms with Crippen molar-refractivity contribution in [2.75, 3.05) is 19.6 Å². The first-order valence-corrected chi connectivity index (χ1v) is 5.85. The summed E-state index contributed by atoms with van der Waals surface area (Å²) < 4.78 is 0. The van der Waals surface area contributed by atoms with E-state index in [1.54, 1.807) is 6.08 Å². The predicted molar refractivity (Wildman–Crippen MR) is 62.2 cm³/mol. The van der Waals surface area contributed by atoms with Gasteiger partial charge in [-0.2, -0.15) is 0 Å². The van der Waals surface area contributed by atoms with Crippen molar-refractivity contribution in [2.45, 2.75) is 32.8 Å². The monoisotopic (exact) mass is 227 g/mol. The molecule has 92 valence electrons. The predicted octanol–water partition coefficient (Wildman–Crippen LogP) is 1.11. The number of aliphatic carboxylic acids is 1. The van der Waals surface area contributed by atoms with E-state index < -0.39 is 5.97 Å². The average Bonchev–Trinajstić information content (AvgIpc) is 2.16. The SMILES string of the molecule is CCC(=CCN1CC(C)CC(O)C1)C(=O)O. The van der Waals surface area contributed by atoms with Gasteiger partial charge < -0.3 is 10.2 Å². The van der Waals surface area contributed by atoms with Crippen LogP contribution < -0.4 is 0 Å². The molecule has 0 aromatic rings. The molecule has 16 heavy (non-hydrogen) atoms. The third-order valence-electron chi connectivity index (χ3n) is 2.96. The van der Waals surface area contributed by atoms with E-state index in [0.29, 0.717) is 31.0 Å². The molecule has 1 aliphatic heterocycles. The highest BCUT2D eigenvalue weighted by Crippen LogP contribution is 2.16. The van der Waals surface area contributed by atoms with Crippen molar-refractivity contribution in [2.24, 2.45) is 5.92 Å². The maximum absolute atomic E-state index is 10.8. The van der Waals surface area contributed by atoms with Crippen LogP contribution in [0.5, 0.6) is 0 Å². The van der Waals surface area contributed by atoms with E-state index in [-0.39, 0.29) is 6.10 Å². The minimum absolute atomic E-state index is 0.271. The van der Waals surface area contributed by atoms with E-state index in [9.17, 15) is 9.90 Å². The van der Waals surface area contributed by atoms with Crippen molar-refractivity contribution >= 4 is 5.97 Å². The minimum Gasteiger partial charge on any atom is -0.478 e. The molecule has 4 nitrogen and oxygen atoms in total. The minimum atomic E-state index is -0.840. The normalized spacial score (nSPS) is 28.1. The molecule has 1 saturated heterocycles. The first kappa shape index (κ1) is 13.2. The number of β-amino-alcohol motifs (C(OH)–C–C–N with tert-alkyl or cyclic N) is 1. The zero-order valence-electron chi connectivity index (χ0n) is 10.0. The average molecular weight is 227 g/mol. The fraction of sp³-hybridized carbons (Fsp3) is 0.750. The van der Waals surface area contributed by atoms with Crippen LogP contribution in [0.25, 0.3) is 0 Å². The molecular formula is C12H21NO3. The Bertz CT molecular complexity index is 265. The first-order chi connectivity index (χ1) is 7.52. The van der Waals surface area contributed by atoms with Crippen molar-refractivity contribution < 1.29 is 15.0 Å². The summed E-state index contributed by atoms with van der Waals surface area (Å²) in [5.41, 5.74) is 0.452. The van der Waals surface area contributed by atoms with Gasteiger partial charge in [0.15, 0.2) is 0 Å². The Hall–Kier alpha value is -0.870. The van der Waals surface area contributed by atoms with Gasteiger partial charge in [-0.1, -0.05) is 19.9 Å². The zero-order chi connectivity index (χ0) is 12.1. The van der Waals surface area contributed by atoms with Crippen LogP contribution in [0.1, 0.15) is 26.7 Å². The molecule has 0 aliphatic carbocycles. The number of hydrogen-bond acceptors (Lipinski definition) is 3. The molecule has 0 saturated carbocycles. The zero-order valence-corrected chi connectivity index (χ0v) is 10.0. The number of likely N-dealkylation sites (tertiary alicyclic amines) is 1. The summed E-state index contributed by atoms with van der Waals surface area (Å²) in [4.78, 5) is 12.9. The second kappa shape index (κ2) is 6.01. The van der Waals surface area contributed by atoms with Crippen LogP contribution in [0.4, 0.5) is 0 Å². The van der Waals surface area contributed by atoms with Gasteiger partial charge >= 0.3 is 5.97 Å². The molecule has 0 aromatic heterocycles. The highest BCUT2D eigenvalue weighted by molar-refractivity contribution is 5.86. The van der Waals surface area contributed by atoms with Gasteiger partial charge in [0.05, 0.1) is 6.10 Å². The quantitative estimate of drug-likeness (QED) is 0.706. The lowest BCUT2D eigenvalue weighted by Crippen LogP contribution is -2.42. The molecule has 2 unspecified atom stereocenters. The van der Waals surface area contributed by atoms with E-state index in [1.807, 2.05) is 6.92 Å². The van der Waals surface area contributed by atoms with Gasteiger partial charge in [-0.05, 0) is 18.8 Å². The highest BCUT2D eigenvalue weighted by Gasteiger charge is 2.22. The van der Waals surface area contributed by atoms with E-state index in [4.69, 9.17) is 5.11 Å². The number of rotatable bonds is 4. The molecule has 0 bridgehead atoms. The van der Waals surface area contributed by atoms with Gasteiger partial charge in [-0.3, -0.25) is 4.90 Å². The summed E-state index contributed by atoms with van der Waals surface area (Å²) in [5.74, 6) is -0.361. The Morgan fingerprint density at radius 2 is 2.19 bits per heavy atom.